The summed E-state index contributed by atoms with van der Waals surface area (Å²) in [6, 6.07) is 0. The standard InChI is InChI=1S/C13H27NO/c1-4-12(2)13(7-5-6-8-13)11-14-9-10-15-3/h12,14H,4-11H2,1-3H3. The van der Waals surface area contributed by atoms with Gasteiger partial charge in [0.25, 0.3) is 0 Å². The van der Waals surface area contributed by atoms with Crippen molar-refractivity contribution in [1.29, 1.82) is 0 Å². The van der Waals surface area contributed by atoms with E-state index in [1.807, 2.05) is 0 Å². The normalized spacial score (nSPS) is 21.8. The van der Waals surface area contributed by atoms with Gasteiger partial charge >= 0.3 is 0 Å². The smallest absolute Gasteiger partial charge is 0.0587 e. The van der Waals surface area contributed by atoms with Gasteiger partial charge in [0.1, 0.15) is 0 Å². The van der Waals surface area contributed by atoms with Crippen LogP contribution in [0.2, 0.25) is 0 Å². The average Bonchev–Trinajstić information content (AvgIpc) is 2.73. The van der Waals surface area contributed by atoms with E-state index in [-0.39, 0.29) is 0 Å². The molecule has 0 spiro atoms. The van der Waals surface area contributed by atoms with Crippen LogP contribution in [-0.4, -0.2) is 26.8 Å². The van der Waals surface area contributed by atoms with E-state index in [0.717, 1.165) is 19.1 Å². The Morgan fingerprint density at radius 1 is 1.33 bits per heavy atom. The third-order valence-electron chi connectivity index (χ3n) is 4.22. The summed E-state index contributed by atoms with van der Waals surface area (Å²) in [4.78, 5) is 0. The maximum atomic E-state index is 5.06. The van der Waals surface area contributed by atoms with Crippen molar-refractivity contribution in [2.75, 3.05) is 26.8 Å². The number of hydrogen-bond donors (Lipinski definition) is 1. The molecule has 0 radical (unpaired) electrons. The van der Waals surface area contributed by atoms with Gasteiger partial charge in [0, 0.05) is 20.2 Å². The van der Waals surface area contributed by atoms with Gasteiger partial charge in [0.15, 0.2) is 0 Å². The molecular weight excluding hydrogens is 186 g/mol. The molecule has 0 saturated heterocycles. The Labute approximate surface area is 94.8 Å². The van der Waals surface area contributed by atoms with Crippen LogP contribution >= 0.6 is 0 Å². The van der Waals surface area contributed by atoms with E-state index >= 15 is 0 Å². The molecule has 15 heavy (non-hydrogen) atoms. The molecular formula is C13H27NO. The van der Waals surface area contributed by atoms with Crippen LogP contribution in [0.15, 0.2) is 0 Å². The molecule has 1 saturated carbocycles. The van der Waals surface area contributed by atoms with Crippen LogP contribution in [0.3, 0.4) is 0 Å². The Morgan fingerprint density at radius 2 is 2.00 bits per heavy atom. The zero-order chi connectivity index (χ0) is 11.1. The zero-order valence-corrected chi connectivity index (χ0v) is 10.6. The summed E-state index contributed by atoms with van der Waals surface area (Å²) < 4.78 is 5.06. The molecule has 90 valence electrons. The fourth-order valence-electron chi connectivity index (χ4n) is 2.87. The Balaban J connectivity index is 2.36. The van der Waals surface area contributed by atoms with Gasteiger partial charge in [-0.2, -0.15) is 0 Å². The molecule has 0 aromatic rings. The van der Waals surface area contributed by atoms with Gasteiger partial charge in [0.2, 0.25) is 0 Å². The zero-order valence-electron chi connectivity index (χ0n) is 10.6. The van der Waals surface area contributed by atoms with E-state index in [9.17, 15) is 0 Å². The summed E-state index contributed by atoms with van der Waals surface area (Å²) in [5.74, 6) is 0.857. The molecule has 1 atom stereocenters. The van der Waals surface area contributed by atoms with Crippen molar-refractivity contribution >= 4 is 0 Å². The molecule has 1 rings (SSSR count). The molecule has 2 heteroatoms. The summed E-state index contributed by atoms with van der Waals surface area (Å²) in [7, 11) is 1.77. The molecule has 0 bridgehead atoms. The van der Waals surface area contributed by atoms with Gasteiger partial charge in [-0.15, -0.1) is 0 Å². The highest BCUT2D eigenvalue weighted by Gasteiger charge is 2.37. The first-order valence-corrected chi connectivity index (χ1v) is 6.45. The SMILES string of the molecule is CCC(C)C1(CNCCOC)CCCC1. The summed E-state index contributed by atoms with van der Waals surface area (Å²) in [6.45, 7) is 7.75. The molecule has 1 fully saturated rings. The number of ether oxygens (including phenoxy) is 1. The second-order valence-electron chi connectivity index (χ2n) is 5.05. The van der Waals surface area contributed by atoms with Gasteiger partial charge in [-0.05, 0) is 24.2 Å². The molecule has 2 nitrogen and oxygen atoms in total. The molecule has 0 aromatic heterocycles. The monoisotopic (exact) mass is 213 g/mol. The van der Waals surface area contributed by atoms with Crippen LogP contribution in [-0.2, 0) is 4.74 Å². The lowest BCUT2D eigenvalue weighted by molar-refractivity contribution is 0.154. The Morgan fingerprint density at radius 3 is 2.53 bits per heavy atom. The van der Waals surface area contributed by atoms with Crippen molar-refractivity contribution in [3.8, 4) is 0 Å². The molecule has 1 unspecified atom stereocenters. The summed E-state index contributed by atoms with van der Waals surface area (Å²) in [6.07, 6.45) is 7.00. The maximum Gasteiger partial charge on any atom is 0.0587 e. The van der Waals surface area contributed by atoms with E-state index < -0.39 is 0 Å². The highest BCUT2D eigenvalue weighted by atomic mass is 16.5. The number of rotatable bonds is 7. The second kappa shape index (κ2) is 6.49. The molecule has 1 aliphatic rings. The number of nitrogens with one attached hydrogen (secondary N) is 1. The van der Waals surface area contributed by atoms with E-state index in [4.69, 9.17) is 4.74 Å². The molecule has 0 aliphatic heterocycles. The minimum absolute atomic E-state index is 0.586. The molecule has 0 heterocycles. The first-order chi connectivity index (χ1) is 7.25. The molecule has 1 N–H and O–H groups in total. The van der Waals surface area contributed by atoms with Crippen LogP contribution in [0, 0.1) is 11.3 Å². The Kier molecular flexibility index (Phi) is 5.62. The van der Waals surface area contributed by atoms with E-state index in [1.54, 1.807) is 7.11 Å². The van der Waals surface area contributed by atoms with Crippen LogP contribution < -0.4 is 5.32 Å². The minimum Gasteiger partial charge on any atom is -0.383 e. The van der Waals surface area contributed by atoms with Gasteiger partial charge in [-0.25, -0.2) is 0 Å². The number of hydrogen-bond acceptors (Lipinski definition) is 2. The van der Waals surface area contributed by atoms with E-state index in [2.05, 4.69) is 19.2 Å². The van der Waals surface area contributed by atoms with E-state index in [1.165, 1.54) is 38.6 Å². The van der Waals surface area contributed by atoms with Crippen molar-refractivity contribution < 1.29 is 4.74 Å². The van der Waals surface area contributed by atoms with Crippen molar-refractivity contribution in [2.24, 2.45) is 11.3 Å². The summed E-state index contributed by atoms with van der Waals surface area (Å²) in [5.41, 5.74) is 0.586. The summed E-state index contributed by atoms with van der Waals surface area (Å²) >= 11 is 0. The first kappa shape index (κ1) is 13.0. The van der Waals surface area contributed by atoms with Crippen LogP contribution in [0.5, 0.6) is 0 Å². The van der Waals surface area contributed by atoms with Crippen molar-refractivity contribution in [1.82, 2.24) is 5.32 Å². The van der Waals surface area contributed by atoms with Gasteiger partial charge < -0.3 is 10.1 Å². The second-order valence-corrected chi connectivity index (χ2v) is 5.05. The largest absolute Gasteiger partial charge is 0.383 e. The first-order valence-electron chi connectivity index (χ1n) is 6.45. The lowest BCUT2D eigenvalue weighted by Crippen LogP contribution is -2.38. The summed E-state index contributed by atoms with van der Waals surface area (Å²) in [5, 5.41) is 3.56. The lowest BCUT2D eigenvalue weighted by Gasteiger charge is -2.35. The van der Waals surface area contributed by atoms with Crippen molar-refractivity contribution in [3.05, 3.63) is 0 Å². The van der Waals surface area contributed by atoms with Crippen LogP contribution in [0.1, 0.15) is 46.0 Å². The maximum absolute atomic E-state index is 5.06. The Bertz CT molecular complexity index is 164. The highest BCUT2D eigenvalue weighted by molar-refractivity contribution is 4.90. The predicted octanol–water partition coefficient (Wildman–Crippen LogP) is 2.83. The van der Waals surface area contributed by atoms with Crippen molar-refractivity contribution in [3.63, 3.8) is 0 Å². The van der Waals surface area contributed by atoms with Crippen molar-refractivity contribution in [2.45, 2.75) is 46.0 Å². The van der Waals surface area contributed by atoms with E-state index in [0.29, 0.717) is 5.41 Å². The lowest BCUT2D eigenvalue weighted by atomic mass is 9.73. The topological polar surface area (TPSA) is 21.3 Å². The highest BCUT2D eigenvalue weighted by Crippen LogP contribution is 2.44. The van der Waals surface area contributed by atoms with Crippen LogP contribution in [0.4, 0.5) is 0 Å². The predicted molar refractivity (Wildman–Crippen MR) is 65.1 cm³/mol. The van der Waals surface area contributed by atoms with Gasteiger partial charge in [-0.3, -0.25) is 0 Å². The third-order valence-corrected chi connectivity index (χ3v) is 4.22. The fraction of sp³-hybridized carbons (Fsp3) is 1.00. The number of methoxy groups -OCH3 is 1. The Hall–Kier alpha value is -0.0800. The van der Waals surface area contributed by atoms with Gasteiger partial charge in [0.05, 0.1) is 6.61 Å². The third kappa shape index (κ3) is 3.46. The van der Waals surface area contributed by atoms with Gasteiger partial charge in [-0.1, -0.05) is 33.1 Å². The molecule has 1 aliphatic carbocycles. The minimum atomic E-state index is 0.586. The average molecular weight is 213 g/mol. The fourth-order valence-corrected chi connectivity index (χ4v) is 2.87. The molecule has 0 amide bonds. The van der Waals surface area contributed by atoms with Crippen LogP contribution in [0.25, 0.3) is 0 Å². The molecule has 0 aromatic carbocycles. The quantitative estimate of drug-likeness (QED) is 0.657.